The lowest BCUT2D eigenvalue weighted by Crippen LogP contribution is -2.48. The van der Waals surface area contributed by atoms with Gasteiger partial charge in [0.25, 0.3) is 5.91 Å². The first kappa shape index (κ1) is 18.7. The Morgan fingerprint density at radius 2 is 1.86 bits per heavy atom. The fraction of sp³-hybridized carbons (Fsp3) is 0.826. The van der Waals surface area contributed by atoms with E-state index in [0.29, 0.717) is 17.9 Å². The number of fused-ring (bicyclic) bond motifs is 3. The number of nitrogens with zero attached hydrogens (tertiary/aromatic N) is 2. The average molecular weight is 386 g/mol. The van der Waals surface area contributed by atoms with Crippen molar-refractivity contribution in [3.05, 3.63) is 17.0 Å². The topological polar surface area (TPSA) is 56.1 Å². The highest BCUT2D eigenvalue weighted by atomic mass is 16.5. The summed E-state index contributed by atoms with van der Waals surface area (Å²) >= 11 is 0. The zero-order chi connectivity index (χ0) is 19.1. The van der Waals surface area contributed by atoms with Crippen molar-refractivity contribution in [3.63, 3.8) is 0 Å². The SMILES string of the molecule is CCOC1C2CCC(C2)[C@H]1NC(=O)c1nn(C2CCCCC2)c2c1CCCC2. The van der Waals surface area contributed by atoms with Crippen LogP contribution in [0, 0.1) is 11.8 Å². The minimum absolute atomic E-state index is 0.0509. The maximum absolute atomic E-state index is 13.4. The summed E-state index contributed by atoms with van der Waals surface area (Å²) in [6.45, 7) is 2.79. The molecule has 1 N–H and O–H groups in total. The van der Waals surface area contributed by atoms with Crippen LogP contribution in [0.15, 0.2) is 0 Å². The van der Waals surface area contributed by atoms with E-state index in [0.717, 1.165) is 25.1 Å². The Hall–Kier alpha value is -1.36. The Morgan fingerprint density at radius 3 is 2.68 bits per heavy atom. The van der Waals surface area contributed by atoms with Crippen LogP contribution in [0.3, 0.4) is 0 Å². The summed E-state index contributed by atoms with van der Waals surface area (Å²) in [6.07, 6.45) is 14.8. The highest BCUT2D eigenvalue weighted by Crippen LogP contribution is 2.46. The van der Waals surface area contributed by atoms with E-state index in [4.69, 9.17) is 9.84 Å². The maximum atomic E-state index is 13.4. The second-order valence-corrected chi connectivity index (χ2v) is 9.47. The summed E-state index contributed by atoms with van der Waals surface area (Å²) in [4.78, 5) is 13.4. The third-order valence-corrected chi connectivity index (χ3v) is 7.84. The molecule has 5 rings (SSSR count). The second-order valence-electron chi connectivity index (χ2n) is 9.47. The second kappa shape index (κ2) is 7.81. The number of hydrogen-bond acceptors (Lipinski definition) is 3. The summed E-state index contributed by atoms with van der Waals surface area (Å²) < 4.78 is 8.33. The molecule has 5 heteroatoms. The summed E-state index contributed by atoms with van der Waals surface area (Å²) in [7, 11) is 0. The predicted octanol–water partition coefficient (Wildman–Crippen LogP) is 4.20. The largest absolute Gasteiger partial charge is 0.376 e. The highest BCUT2D eigenvalue weighted by molar-refractivity contribution is 5.94. The number of carbonyl (C=O) groups is 1. The smallest absolute Gasteiger partial charge is 0.272 e. The molecule has 4 atom stereocenters. The number of rotatable bonds is 5. The number of amides is 1. The van der Waals surface area contributed by atoms with E-state index in [1.165, 1.54) is 75.5 Å². The molecule has 0 spiro atoms. The predicted molar refractivity (Wildman–Crippen MR) is 108 cm³/mol. The Kier molecular flexibility index (Phi) is 5.20. The molecule has 28 heavy (non-hydrogen) atoms. The van der Waals surface area contributed by atoms with Crippen LogP contribution in [-0.2, 0) is 17.6 Å². The quantitative estimate of drug-likeness (QED) is 0.826. The fourth-order valence-corrected chi connectivity index (χ4v) is 6.53. The van der Waals surface area contributed by atoms with Crippen molar-refractivity contribution in [2.45, 2.75) is 102 Å². The highest BCUT2D eigenvalue weighted by Gasteiger charge is 2.49. The van der Waals surface area contributed by atoms with Gasteiger partial charge < -0.3 is 10.1 Å². The van der Waals surface area contributed by atoms with Crippen LogP contribution in [0.25, 0.3) is 0 Å². The van der Waals surface area contributed by atoms with Crippen molar-refractivity contribution < 1.29 is 9.53 Å². The minimum atomic E-state index is 0.0509. The first-order chi connectivity index (χ1) is 13.8. The summed E-state index contributed by atoms with van der Waals surface area (Å²) in [5, 5.41) is 8.34. The van der Waals surface area contributed by atoms with Gasteiger partial charge in [0.15, 0.2) is 5.69 Å². The number of aromatic nitrogens is 2. The zero-order valence-corrected chi connectivity index (χ0v) is 17.3. The molecular formula is C23H35N3O2. The molecule has 0 radical (unpaired) electrons. The lowest BCUT2D eigenvalue weighted by Gasteiger charge is -2.31. The van der Waals surface area contributed by atoms with Crippen molar-refractivity contribution in [2.24, 2.45) is 11.8 Å². The Labute approximate surface area is 168 Å². The van der Waals surface area contributed by atoms with Gasteiger partial charge in [0.2, 0.25) is 0 Å². The summed E-state index contributed by atoms with van der Waals surface area (Å²) in [6, 6.07) is 0.672. The monoisotopic (exact) mass is 385 g/mol. The van der Waals surface area contributed by atoms with Gasteiger partial charge in [0, 0.05) is 17.9 Å². The maximum Gasteiger partial charge on any atom is 0.272 e. The summed E-state index contributed by atoms with van der Waals surface area (Å²) in [5.41, 5.74) is 3.32. The summed E-state index contributed by atoms with van der Waals surface area (Å²) in [5.74, 6) is 1.26. The number of carbonyl (C=O) groups excluding carboxylic acids is 1. The molecule has 3 fully saturated rings. The van der Waals surface area contributed by atoms with Gasteiger partial charge in [0.1, 0.15) is 0 Å². The standard InChI is InChI=1S/C23H35N3O2/c1-2-28-22-16-13-12-15(14-16)20(22)24-23(27)21-18-10-6-7-11-19(18)26(25-21)17-8-4-3-5-9-17/h15-17,20,22H,2-14H2,1H3,(H,24,27)/t15?,16?,20-,22?/m1/s1. The molecule has 0 saturated heterocycles. The van der Waals surface area contributed by atoms with Gasteiger partial charge in [-0.05, 0) is 76.5 Å². The van der Waals surface area contributed by atoms with Crippen molar-refractivity contribution in [2.75, 3.05) is 6.61 Å². The van der Waals surface area contributed by atoms with Crippen LogP contribution in [-0.4, -0.2) is 34.4 Å². The number of ether oxygens (including phenoxy) is 1. The minimum Gasteiger partial charge on any atom is -0.376 e. The van der Waals surface area contributed by atoms with E-state index in [1.807, 2.05) is 0 Å². The van der Waals surface area contributed by atoms with Gasteiger partial charge in [-0.2, -0.15) is 5.10 Å². The Morgan fingerprint density at radius 1 is 1.07 bits per heavy atom. The van der Waals surface area contributed by atoms with E-state index in [1.54, 1.807) is 0 Å². The molecule has 5 nitrogen and oxygen atoms in total. The molecule has 154 valence electrons. The van der Waals surface area contributed by atoms with Crippen LogP contribution < -0.4 is 5.32 Å². The Bertz CT molecular complexity index is 722. The van der Waals surface area contributed by atoms with E-state index in [2.05, 4.69) is 16.9 Å². The van der Waals surface area contributed by atoms with E-state index < -0.39 is 0 Å². The molecule has 1 heterocycles. The molecule has 2 bridgehead atoms. The molecule has 1 aromatic rings. The van der Waals surface area contributed by atoms with Crippen molar-refractivity contribution >= 4 is 5.91 Å². The van der Waals surface area contributed by atoms with Gasteiger partial charge in [-0.3, -0.25) is 9.48 Å². The first-order valence-electron chi connectivity index (χ1n) is 11.8. The zero-order valence-electron chi connectivity index (χ0n) is 17.3. The van der Waals surface area contributed by atoms with Crippen LogP contribution >= 0.6 is 0 Å². The van der Waals surface area contributed by atoms with Gasteiger partial charge >= 0.3 is 0 Å². The van der Waals surface area contributed by atoms with Gasteiger partial charge in [0.05, 0.1) is 18.2 Å². The number of hydrogen-bond donors (Lipinski definition) is 1. The molecule has 1 aromatic heterocycles. The molecule has 0 aliphatic heterocycles. The molecular weight excluding hydrogens is 350 g/mol. The van der Waals surface area contributed by atoms with Gasteiger partial charge in [-0.15, -0.1) is 0 Å². The van der Waals surface area contributed by atoms with Gasteiger partial charge in [-0.1, -0.05) is 19.3 Å². The van der Waals surface area contributed by atoms with Crippen molar-refractivity contribution in [1.82, 2.24) is 15.1 Å². The fourth-order valence-electron chi connectivity index (χ4n) is 6.53. The molecule has 4 aliphatic rings. The Balaban J connectivity index is 1.39. The third-order valence-electron chi connectivity index (χ3n) is 7.84. The lowest BCUT2D eigenvalue weighted by molar-refractivity contribution is 0.00297. The molecule has 1 amide bonds. The van der Waals surface area contributed by atoms with Crippen LogP contribution in [0.1, 0.15) is 98.9 Å². The van der Waals surface area contributed by atoms with Gasteiger partial charge in [-0.25, -0.2) is 0 Å². The molecule has 0 aromatic carbocycles. The third kappa shape index (κ3) is 3.20. The molecule has 3 unspecified atom stereocenters. The van der Waals surface area contributed by atoms with Crippen LogP contribution in [0.2, 0.25) is 0 Å². The normalized spacial score (nSPS) is 32.5. The average Bonchev–Trinajstić information content (AvgIpc) is 3.43. The van der Waals surface area contributed by atoms with Crippen molar-refractivity contribution in [3.8, 4) is 0 Å². The molecule has 3 saturated carbocycles. The van der Waals surface area contributed by atoms with Crippen molar-refractivity contribution in [1.29, 1.82) is 0 Å². The first-order valence-corrected chi connectivity index (χ1v) is 11.8. The molecule has 4 aliphatic carbocycles. The van der Waals surface area contributed by atoms with Crippen LogP contribution in [0.5, 0.6) is 0 Å². The van der Waals surface area contributed by atoms with E-state index in [9.17, 15) is 4.79 Å². The van der Waals surface area contributed by atoms with Crippen LogP contribution in [0.4, 0.5) is 0 Å². The lowest BCUT2D eigenvalue weighted by atomic mass is 9.91. The van der Waals surface area contributed by atoms with E-state index >= 15 is 0 Å². The van der Waals surface area contributed by atoms with E-state index in [-0.39, 0.29) is 18.1 Å². The number of nitrogens with one attached hydrogen (secondary N) is 1.